The Morgan fingerprint density at radius 3 is 2.12 bits per heavy atom. The van der Waals surface area contributed by atoms with Crippen LogP contribution in [-0.2, 0) is 34.6 Å². The molecule has 0 aliphatic carbocycles. The molecule has 6 rings (SSSR count). The number of benzene rings is 3. The molecule has 0 saturated carbocycles. The lowest BCUT2D eigenvalue weighted by Crippen LogP contribution is -2.52. The fourth-order valence-corrected chi connectivity index (χ4v) is 5.61. The number of carbonyl (C=O) groups excluding carboxylic acids is 2. The molecule has 1 aliphatic rings. The minimum atomic E-state index is -0.618. The molecule has 11 nitrogen and oxygen atoms in total. The van der Waals surface area contributed by atoms with Crippen molar-refractivity contribution in [3.8, 4) is 17.4 Å². The van der Waals surface area contributed by atoms with Gasteiger partial charge in [-0.2, -0.15) is 4.98 Å². The van der Waals surface area contributed by atoms with Crippen LogP contribution in [0.25, 0.3) is 16.7 Å². The first-order valence-electron chi connectivity index (χ1n) is 15.9. The summed E-state index contributed by atoms with van der Waals surface area (Å²) in [5.74, 6) is 0.0329. The number of aromatic nitrogens is 3. The molecule has 1 saturated heterocycles. The number of hydrogen-bond acceptors (Lipinski definition) is 8. The van der Waals surface area contributed by atoms with Crippen LogP contribution in [0.4, 0.5) is 5.69 Å². The molecule has 0 radical (unpaired) electrons. The second kappa shape index (κ2) is 13.6. The molecule has 11 heteroatoms. The number of aryl methyl sites for hydroxylation is 1. The summed E-state index contributed by atoms with van der Waals surface area (Å²) in [6.45, 7) is 6.91. The van der Waals surface area contributed by atoms with Crippen molar-refractivity contribution in [1.82, 2.24) is 19.0 Å². The summed E-state index contributed by atoms with van der Waals surface area (Å²) in [7, 11) is 1.71. The number of piperazine rings is 1. The van der Waals surface area contributed by atoms with Crippen molar-refractivity contribution >= 4 is 28.6 Å². The highest BCUT2D eigenvalue weighted by molar-refractivity contribution is 5.88. The third-order valence-corrected chi connectivity index (χ3v) is 7.97. The van der Waals surface area contributed by atoms with Gasteiger partial charge in [-0.1, -0.05) is 60.7 Å². The van der Waals surface area contributed by atoms with Crippen LogP contribution in [-0.4, -0.2) is 62.7 Å². The fourth-order valence-electron chi connectivity index (χ4n) is 5.61. The molecule has 3 aromatic carbocycles. The van der Waals surface area contributed by atoms with Gasteiger partial charge in [0, 0.05) is 31.9 Å². The van der Waals surface area contributed by atoms with E-state index >= 15 is 0 Å². The maximum Gasteiger partial charge on any atom is 0.333 e. The van der Waals surface area contributed by atoms with Gasteiger partial charge in [0.05, 0.1) is 17.6 Å². The van der Waals surface area contributed by atoms with E-state index in [1.54, 1.807) is 49.1 Å². The summed E-state index contributed by atoms with van der Waals surface area (Å²) >= 11 is 0. The van der Waals surface area contributed by atoms with Gasteiger partial charge >= 0.3 is 11.7 Å². The molecule has 0 N–H and O–H groups in total. The maximum atomic E-state index is 13.8. The van der Waals surface area contributed by atoms with Crippen LogP contribution in [0.15, 0.2) is 95.8 Å². The zero-order chi connectivity index (χ0) is 33.8. The Balaban J connectivity index is 1.27. The standard InChI is InChI=1S/C37H39N5O6/c1-37(2,3)48-34(44)23-41-20-19-40(22-33(41)43)28-15-16-29-31(21-28)39(4)36(45)42(29)30-17-18-32(46-24-26-11-7-5-8-12-26)38-35(30)47-25-27-13-9-6-10-14-27/h5-18,21H,19-20,22-25H2,1-4H3. The topological polar surface area (TPSA) is 108 Å². The highest BCUT2D eigenvalue weighted by Crippen LogP contribution is 2.30. The average Bonchev–Trinajstić information content (AvgIpc) is 3.32. The summed E-state index contributed by atoms with van der Waals surface area (Å²) in [6.07, 6.45) is 0. The number of fused-ring (bicyclic) bond motifs is 1. The van der Waals surface area contributed by atoms with Crippen molar-refractivity contribution in [1.29, 1.82) is 0 Å². The summed E-state index contributed by atoms with van der Waals surface area (Å²) in [5, 5.41) is 0. The predicted molar refractivity (Wildman–Crippen MR) is 182 cm³/mol. The van der Waals surface area contributed by atoms with E-state index in [4.69, 9.17) is 14.2 Å². The zero-order valence-corrected chi connectivity index (χ0v) is 27.6. The third-order valence-electron chi connectivity index (χ3n) is 7.97. The van der Waals surface area contributed by atoms with Crippen LogP contribution in [0, 0.1) is 0 Å². The Morgan fingerprint density at radius 2 is 1.48 bits per heavy atom. The maximum absolute atomic E-state index is 13.8. The molecule has 5 aromatic rings. The Labute approximate surface area is 278 Å². The number of carbonyl (C=O) groups is 2. The molecule has 0 unspecified atom stereocenters. The van der Waals surface area contributed by atoms with E-state index in [0.29, 0.717) is 42.3 Å². The van der Waals surface area contributed by atoms with Crippen LogP contribution in [0.5, 0.6) is 11.8 Å². The van der Waals surface area contributed by atoms with Gasteiger partial charge < -0.3 is 24.0 Å². The zero-order valence-electron chi connectivity index (χ0n) is 27.6. The lowest BCUT2D eigenvalue weighted by molar-refractivity contribution is -0.159. The van der Waals surface area contributed by atoms with E-state index in [2.05, 4.69) is 4.98 Å². The second-order valence-corrected chi connectivity index (χ2v) is 12.7. The van der Waals surface area contributed by atoms with E-state index in [-0.39, 0.29) is 37.2 Å². The van der Waals surface area contributed by atoms with Gasteiger partial charge in [0.1, 0.15) is 31.0 Å². The highest BCUT2D eigenvalue weighted by atomic mass is 16.6. The molecule has 2 aromatic heterocycles. The molecule has 248 valence electrons. The number of rotatable bonds is 10. The smallest absolute Gasteiger partial charge is 0.333 e. The largest absolute Gasteiger partial charge is 0.473 e. The number of hydrogen-bond donors (Lipinski definition) is 0. The monoisotopic (exact) mass is 649 g/mol. The molecule has 0 spiro atoms. The Hall–Kier alpha value is -5.58. The van der Waals surface area contributed by atoms with Crippen molar-refractivity contribution in [2.24, 2.45) is 7.05 Å². The lowest BCUT2D eigenvalue weighted by Gasteiger charge is -2.35. The van der Waals surface area contributed by atoms with Gasteiger partial charge in [0.15, 0.2) is 0 Å². The summed E-state index contributed by atoms with van der Waals surface area (Å²) in [5.41, 5.74) is 3.68. The molecule has 1 aliphatic heterocycles. The van der Waals surface area contributed by atoms with Crippen molar-refractivity contribution in [3.63, 3.8) is 0 Å². The molecule has 3 heterocycles. The van der Waals surface area contributed by atoms with Gasteiger partial charge in [-0.25, -0.2) is 4.79 Å². The lowest BCUT2D eigenvalue weighted by atomic mass is 10.2. The molecular formula is C37H39N5O6. The first-order valence-corrected chi connectivity index (χ1v) is 15.9. The van der Waals surface area contributed by atoms with Crippen LogP contribution in [0.1, 0.15) is 31.9 Å². The minimum Gasteiger partial charge on any atom is -0.473 e. The van der Waals surface area contributed by atoms with Crippen LogP contribution in [0.2, 0.25) is 0 Å². The van der Waals surface area contributed by atoms with E-state index in [9.17, 15) is 14.4 Å². The second-order valence-electron chi connectivity index (χ2n) is 12.7. The minimum absolute atomic E-state index is 0.0842. The van der Waals surface area contributed by atoms with Crippen molar-refractivity contribution < 1.29 is 23.8 Å². The Bertz CT molecular complexity index is 1980. The normalized spacial score (nSPS) is 13.5. The van der Waals surface area contributed by atoms with E-state index in [0.717, 1.165) is 16.8 Å². The number of pyridine rings is 1. The summed E-state index contributed by atoms with van der Waals surface area (Å²) < 4.78 is 20.8. The first-order chi connectivity index (χ1) is 23.1. The Kier molecular flexibility index (Phi) is 9.20. The van der Waals surface area contributed by atoms with Crippen LogP contribution < -0.4 is 20.1 Å². The molecular weight excluding hydrogens is 610 g/mol. The van der Waals surface area contributed by atoms with Crippen molar-refractivity contribution in [2.75, 3.05) is 31.1 Å². The van der Waals surface area contributed by atoms with E-state index in [1.165, 1.54) is 4.90 Å². The van der Waals surface area contributed by atoms with Crippen molar-refractivity contribution in [3.05, 3.63) is 113 Å². The summed E-state index contributed by atoms with van der Waals surface area (Å²) in [6, 6.07) is 28.7. The molecule has 1 amide bonds. The van der Waals surface area contributed by atoms with Gasteiger partial charge in [-0.05, 0) is 56.2 Å². The number of nitrogens with zero attached hydrogens (tertiary/aromatic N) is 5. The number of anilines is 1. The molecule has 48 heavy (non-hydrogen) atoms. The number of amides is 1. The predicted octanol–water partition coefficient (Wildman–Crippen LogP) is 4.87. The van der Waals surface area contributed by atoms with Crippen LogP contribution in [0.3, 0.4) is 0 Å². The fraction of sp³-hybridized carbons (Fsp3) is 0.297. The van der Waals surface area contributed by atoms with Gasteiger partial charge in [-0.3, -0.25) is 18.7 Å². The summed E-state index contributed by atoms with van der Waals surface area (Å²) in [4.78, 5) is 47.3. The van der Waals surface area contributed by atoms with Crippen molar-refractivity contribution in [2.45, 2.75) is 39.6 Å². The highest BCUT2D eigenvalue weighted by Gasteiger charge is 2.28. The first kappa shape index (κ1) is 32.4. The molecule has 1 fully saturated rings. The van der Waals surface area contributed by atoms with Crippen LogP contribution >= 0.6 is 0 Å². The van der Waals surface area contributed by atoms with E-state index < -0.39 is 11.6 Å². The number of ether oxygens (including phenoxy) is 3. The van der Waals surface area contributed by atoms with E-state index in [1.807, 2.05) is 83.8 Å². The molecule has 0 atom stereocenters. The molecule has 0 bridgehead atoms. The Morgan fingerprint density at radius 1 is 0.812 bits per heavy atom. The third kappa shape index (κ3) is 7.35. The number of esters is 1. The quantitative estimate of drug-likeness (QED) is 0.197. The van der Waals surface area contributed by atoms with Gasteiger partial charge in [0.2, 0.25) is 17.7 Å². The SMILES string of the molecule is Cn1c(=O)n(-c2ccc(OCc3ccccc3)nc2OCc2ccccc2)c2ccc(N3CCN(CC(=O)OC(C)(C)C)C(=O)C3)cc21. The average molecular weight is 650 g/mol. The number of imidazole rings is 1. The van der Waals surface area contributed by atoms with Gasteiger partial charge in [0.25, 0.3) is 0 Å². The van der Waals surface area contributed by atoms with Gasteiger partial charge in [-0.15, -0.1) is 0 Å².